The number of carbonyl (C=O) groups excluding carboxylic acids is 1. The number of aromatic nitrogens is 2. The van der Waals surface area contributed by atoms with E-state index in [4.69, 9.17) is 5.73 Å². The number of rotatable bonds is 4. The Morgan fingerprint density at radius 3 is 2.28 bits per heavy atom. The van der Waals surface area contributed by atoms with E-state index in [1.165, 1.54) is 30.3 Å². The highest BCUT2D eigenvalue weighted by Gasteiger charge is 2.46. The zero-order chi connectivity index (χ0) is 20.8. The maximum atomic E-state index is 13.0. The van der Waals surface area contributed by atoms with E-state index in [9.17, 15) is 23.1 Å². The van der Waals surface area contributed by atoms with Gasteiger partial charge in [-0.2, -0.15) is 9.78 Å². The Balaban J connectivity index is 1.96. The Morgan fingerprint density at radius 1 is 1.03 bits per heavy atom. The van der Waals surface area contributed by atoms with Crippen LogP contribution in [-0.4, -0.2) is 35.3 Å². The van der Waals surface area contributed by atoms with Crippen LogP contribution >= 0.6 is 0 Å². The van der Waals surface area contributed by atoms with E-state index in [0.717, 1.165) is 17.5 Å². The number of carboxylic acids is 1. The highest BCUT2D eigenvalue weighted by atomic mass is 32.2. The molecule has 8 nitrogen and oxygen atoms in total. The fourth-order valence-electron chi connectivity index (χ4n) is 4.05. The van der Waals surface area contributed by atoms with Crippen LogP contribution in [0.2, 0.25) is 0 Å². The van der Waals surface area contributed by atoms with Crippen molar-refractivity contribution < 1.29 is 23.1 Å². The molecule has 1 fully saturated rings. The van der Waals surface area contributed by atoms with E-state index in [1.54, 1.807) is 18.2 Å². The third kappa shape index (κ3) is 2.89. The molecular formula is C20H19N3O5S. The van der Waals surface area contributed by atoms with Crippen molar-refractivity contribution in [3.63, 3.8) is 0 Å². The van der Waals surface area contributed by atoms with Gasteiger partial charge in [0, 0.05) is 5.39 Å². The number of primary amides is 1. The molecule has 2 aromatic carbocycles. The summed E-state index contributed by atoms with van der Waals surface area (Å²) in [5.41, 5.74) is 4.66. The number of sulfone groups is 1. The van der Waals surface area contributed by atoms with Gasteiger partial charge in [0.1, 0.15) is 5.41 Å². The molecule has 3 N–H and O–H groups in total. The number of carboxylic acid groups (broad SMARTS) is 1. The zero-order valence-electron chi connectivity index (χ0n) is 15.4. The number of hydrogen-bond acceptors (Lipinski definition) is 5. The van der Waals surface area contributed by atoms with Gasteiger partial charge >= 0.3 is 12.0 Å². The van der Waals surface area contributed by atoms with Crippen LogP contribution in [0, 0.1) is 0 Å². The first-order valence-electron chi connectivity index (χ1n) is 9.14. The molecular weight excluding hydrogens is 394 g/mol. The molecule has 150 valence electrons. The second kappa shape index (κ2) is 6.70. The average Bonchev–Trinajstić information content (AvgIpc) is 3.34. The third-order valence-corrected chi connectivity index (χ3v) is 7.31. The highest BCUT2D eigenvalue weighted by Crippen LogP contribution is 2.43. The first kappa shape index (κ1) is 19.1. The van der Waals surface area contributed by atoms with E-state index in [-0.39, 0.29) is 21.0 Å². The number of fused-ring (bicyclic) bond motifs is 1. The summed E-state index contributed by atoms with van der Waals surface area (Å²) >= 11 is 0. The van der Waals surface area contributed by atoms with Crippen LogP contribution in [0.5, 0.6) is 0 Å². The molecule has 29 heavy (non-hydrogen) atoms. The Hall–Kier alpha value is -3.20. The van der Waals surface area contributed by atoms with Crippen LogP contribution in [0.25, 0.3) is 10.9 Å². The van der Waals surface area contributed by atoms with Crippen molar-refractivity contribution in [3.8, 4) is 0 Å². The zero-order valence-corrected chi connectivity index (χ0v) is 16.2. The van der Waals surface area contributed by atoms with Gasteiger partial charge in [-0.25, -0.2) is 13.2 Å². The molecule has 0 radical (unpaired) electrons. The van der Waals surface area contributed by atoms with Gasteiger partial charge in [0.2, 0.25) is 9.84 Å². The lowest BCUT2D eigenvalue weighted by atomic mass is 9.81. The summed E-state index contributed by atoms with van der Waals surface area (Å²) in [6.07, 6.45) is 2.27. The summed E-state index contributed by atoms with van der Waals surface area (Å²) in [4.78, 5) is 24.2. The monoisotopic (exact) mass is 413 g/mol. The van der Waals surface area contributed by atoms with Gasteiger partial charge in [-0.15, -0.1) is 0 Å². The summed E-state index contributed by atoms with van der Waals surface area (Å²) < 4.78 is 26.8. The maximum absolute atomic E-state index is 13.0. The van der Waals surface area contributed by atoms with Gasteiger partial charge in [-0.05, 0) is 43.2 Å². The van der Waals surface area contributed by atoms with E-state index in [2.05, 4.69) is 5.10 Å². The molecule has 1 saturated carbocycles. The van der Waals surface area contributed by atoms with Gasteiger partial charge in [0.05, 0.1) is 21.0 Å². The second-order valence-corrected chi connectivity index (χ2v) is 9.14. The van der Waals surface area contributed by atoms with Crippen molar-refractivity contribution in [3.05, 3.63) is 54.2 Å². The Bertz CT molecular complexity index is 1230. The Kier molecular flexibility index (Phi) is 4.42. The molecule has 0 bridgehead atoms. The smallest absolute Gasteiger partial charge is 0.340 e. The Morgan fingerprint density at radius 2 is 1.69 bits per heavy atom. The fourth-order valence-corrected chi connectivity index (χ4v) is 5.35. The molecule has 1 amide bonds. The largest absolute Gasteiger partial charge is 0.481 e. The lowest BCUT2D eigenvalue weighted by Gasteiger charge is -2.21. The molecule has 0 spiro atoms. The third-order valence-electron chi connectivity index (χ3n) is 5.54. The predicted molar refractivity (Wildman–Crippen MR) is 104 cm³/mol. The van der Waals surface area contributed by atoms with E-state index in [1.807, 2.05) is 0 Å². The lowest BCUT2D eigenvalue weighted by Crippen LogP contribution is -2.34. The molecule has 1 aromatic heterocycles. The minimum atomic E-state index is -3.82. The molecule has 0 saturated heterocycles. The minimum absolute atomic E-state index is 0.0269. The number of hydrogen-bond donors (Lipinski definition) is 2. The summed E-state index contributed by atoms with van der Waals surface area (Å²) in [5, 5.41) is 14.5. The molecule has 1 heterocycles. The van der Waals surface area contributed by atoms with E-state index >= 15 is 0 Å². The summed E-state index contributed by atoms with van der Waals surface area (Å²) in [6, 6.07) is 11.2. The number of nitrogens with two attached hydrogens (primary N) is 1. The van der Waals surface area contributed by atoms with Crippen molar-refractivity contribution in [2.24, 2.45) is 5.73 Å². The predicted octanol–water partition coefficient (Wildman–Crippen LogP) is 2.69. The first-order chi connectivity index (χ1) is 13.8. The lowest BCUT2D eigenvalue weighted by molar-refractivity contribution is -0.143. The van der Waals surface area contributed by atoms with Crippen LogP contribution in [0.4, 0.5) is 4.79 Å². The Labute approximate surface area is 166 Å². The molecule has 0 aliphatic heterocycles. The molecule has 3 aromatic rings. The topological polar surface area (TPSA) is 132 Å². The number of carbonyl (C=O) groups is 2. The van der Waals surface area contributed by atoms with Crippen LogP contribution in [0.3, 0.4) is 0 Å². The van der Waals surface area contributed by atoms with Crippen molar-refractivity contribution in [2.75, 3.05) is 0 Å². The number of nitrogens with zero attached hydrogens (tertiary/aromatic N) is 2. The molecule has 1 aliphatic rings. The van der Waals surface area contributed by atoms with Crippen LogP contribution < -0.4 is 5.73 Å². The van der Waals surface area contributed by atoms with Crippen LogP contribution in [0.1, 0.15) is 31.4 Å². The van der Waals surface area contributed by atoms with Gasteiger partial charge in [0.25, 0.3) is 0 Å². The molecule has 0 atom stereocenters. The van der Waals surface area contributed by atoms with Crippen LogP contribution in [-0.2, 0) is 20.0 Å². The van der Waals surface area contributed by atoms with Gasteiger partial charge in [0.15, 0.2) is 0 Å². The highest BCUT2D eigenvalue weighted by molar-refractivity contribution is 7.91. The standard InChI is InChI=1S/C20H19N3O5S/c21-19(26)23-16-12-14(29(27,28)13-6-2-1-3-7-13)8-9-15(16)17(22-23)20(18(24)25)10-4-5-11-20/h1-3,6-9,12H,4-5,10-11H2,(H2,21,26)(H,24,25). The van der Waals surface area contributed by atoms with Crippen molar-refractivity contribution in [2.45, 2.75) is 40.9 Å². The first-order valence-corrected chi connectivity index (χ1v) is 10.6. The molecule has 4 rings (SSSR count). The SMILES string of the molecule is NC(=O)n1nc(C2(C(=O)O)CCCC2)c2ccc(S(=O)(=O)c3ccccc3)cc21. The van der Waals surface area contributed by atoms with Gasteiger partial charge < -0.3 is 10.8 Å². The molecule has 9 heteroatoms. The van der Waals surface area contributed by atoms with Crippen molar-refractivity contribution in [1.29, 1.82) is 0 Å². The van der Waals surface area contributed by atoms with E-state index in [0.29, 0.717) is 18.2 Å². The molecule has 0 unspecified atom stereocenters. The van der Waals surface area contributed by atoms with Gasteiger partial charge in [-0.3, -0.25) is 4.79 Å². The normalized spacial score (nSPS) is 16.1. The number of benzene rings is 2. The summed E-state index contributed by atoms with van der Waals surface area (Å²) in [5.74, 6) is -1.01. The summed E-state index contributed by atoms with van der Waals surface area (Å²) in [6.45, 7) is 0. The quantitative estimate of drug-likeness (QED) is 0.676. The molecule has 1 aliphatic carbocycles. The van der Waals surface area contributed by atoms with Gasteiger partial charge in [-0.1, -0.05) is 31.0 Å². The van der Waals surface area contributed by atoms with Crippen molar-refractivity contribution >= 4 is 32.7 Å². The maximum Gasteiger partial charge on any atom is 0.340 e. The minimum Gasteiger partial charge on any atom is -0.481 e. The number of amides is 1. The number of aliphatic carboxylic acids is 1. The van der Waals surface area contributed by atoms with E-state index < -0.39 is 27.3 Å². The van der Waals surface area contributed by atoms with Crippen molar-refractivity contribution in [1.82, 2.24) is 9.78 Å². The average molecular weight is 413 g/mol. The van der Waals surface area contributed by atoms with Crippen LogP contribution in [0.15, 0.2) is 58.3 Å². The second-order valence-electron chi connectivity index (χ2n) is 7.19. The fraction of sp³-hybridized carbons (Fsp3) is 0.250. The summed E-state index contributed by atoms with van der Waals surface area (Å²) in [7, 11) is -3.82.